The van der Waals surface area contributed by atoms with E-state index in [1.165, 1.54) is 0 Å². The summed E-state index contributed by atoms with van der Waals surface area (Å²) in [5.74, 6) is 2.16. The van der Waals surface area contributed by atoms with Crippen molar-refractivity contribution in [2.45, 2.75) is 0 Å². The van der Waals surface area contributed by atoms with E-state index in [2.05, 4.69) is 5.10 Å². The lowest BCUT2D eigenvalue weighted by Crippen LogP contribution is -2.14. The first kappa shape index (κ1) is 11.3. The van der Waals surface area contributed by atoms with Gasteiger partial charge in [-0.3, -0.25) is 0 Å². The minimum atomic E-state index is 0.486. The molecule has 1 aromatic heterocycles. The highest BCUT2D eigenvalue weighted by Gasteiger charge is 2.12. The van der Waals surface area contributed by atoms with Crippen LogP contribution in [0.25, 0.3) is 5.69 Å². The van der Waals surface area contributed by atoms with Crippen molar-refractivity contribution in [1.29, 1.82) is 0 Å². The Balaban J connectivity index is 2.59. The van der Waals surface area contributed by atoms with E-state index >= 15 is 0 Å². The van der Waals surface area contributed by atoms with Crippen LogP contribution >= 0.6 is 0 Å². The van der Waals surface area contributed by atoms with Crippen molar-refractivity contribution in [3.63, 3.8) is 0 Å². The van der Waals surface area contributed by atoms with Crippen molar-refractivity contribution < 1.29 is 4.74 Å². The molecule has 5 nitrogen and oxygen atoms in total. The van der Waals surface area contributed by atoms with Gasteiger partial charge in [0.2, 0.25) is 0 Å². The van der Waals surface area contributed by atoms with Crippen molar-refractivity contribution in [3.8, 4) is 11.4 Å². The van der Waals surface area contributed by atoms with E-state index in [-0.39, 0.29) is 0 Å². The second kappa shape index (κ2) is 4.37. The Hall–Kier alpha value is -2.17. The molecule has 0 atom stereocenters. The lowest BCUT2D eigenvalue weighted by Gasteiger charge is -2.16. The van der Waals surface area contributed by atoms with Crippen molar-refractivity contribution in [2.24, 2.45) is 0 Å². The van der Waals surface area contributed by atoms with Gasteiger partial charge in [-0.05, 0) is 12.1 Å². The fraction of sp³-hybridized carbons (Fsp3) is 0.250. The molecule has 0 amide bonds. The highest BCUT2D eigenvalue weighted by molar-refractivity contribution is 5.56. The summed E-state index contributed by atoms with van der Waals surface area (Å²) < 4.78 is 7.10. The number of nitrogens with two attached hydrogens (primary N) is 1. The van der Waals surface area contributed by atoms with Crippen LogP contribution in [0.15, 0.2) is 30.3 Å². The SMILES string of the molecule is COc1ccccc1-n1nc(N)cc1N(C)C. The number of rotatable bonds is 3. The quantitative estimate of drug-likeness (QED) is 0.872. The first-order chi connectivity index (χ1) is 8.13. The van der Waals surface area contributed by atoms with Gasteiger partial charge in [0.05, 0.1) is 7.11 Å². The third-order valence-electron chi connectivity index (χ3n) is 2.48. The lowest BCUT2D eigenvalue weighted by molar-refractivity contribution is 0.412. The summed E-state index contributed by atoms with van der Waals surface area (Å²) in [5.41, 5.74) is 6.62. The number of nitrogen functional groups attached to an aromatic ring is 1. The second-order valence-corrected chi connectivity index (χ2v) is 3.91. The molecule has 90 valence electrons. The van der Waals surface area contributed by atoms with Crippen LogP contribution in [0.3, 0.4) is 0 Å². The number of para-hydroxylation sites is 2. The molecule has 0 bridgehead atoms. The zero-order valence-electron chi connectivity index (χ0n) is 10.2. The molecule has 17 heavy (non-hydrogen) atoms. The van der Waals surface area contributed by atoms with Crippen LogP contribution in [-0.4, -0.2) is 31.0 Å². The molecule has 0 radical (unpaired) electrons. The first-order valence-electron chi connectivity index (χ1n) is 5.29. The van der Waals surface area contributed by atoms with Gasteiger partial charge in [-0.2, -0.15) is 0 Å². The van der Waals surface area contributed by atoms with E-state index in [0.29, 0.717) is 5.82 Å². The van der Waals surface area contributed by atoms with Crippen molar-refractivity contribution in [1.82, 2.24) is 9.78 Å². The van der Waals surface area contributed by atoms with E-state index in [9.17, 15) is 0 Å². The molecule has 0 aliphatic carbocycles. The number of anilines is 2. The minimum absolute atomic E-state index is 0.486. The van der Waals surface area contributed by atoms with E-state index in [1.54, 1.807) is 11.8 Å². The van der Waals surface area contributed by atoms with Crippen LogP contribution in [0.1, 0.15) is 0 Å². The molecule has 0 saturated carbocycles. The molecule has 5 heteroatoms. The molecule has 2 N–H and O–H groups in total. The second-order valence-electron chi connectivity index (χ2n) is 3.91. The summed E-state index contributed by atoms with van der Waals surface area (Å²) in [4.78, 5) is 1.95. The molecule has 0 fully saturated rings. The average molecular weight is 232 g/mol. The Kier molecular flexibility index (Phi) is 2.91. The summed E-state index contributed by atoms with van der Waals surface area (Å²) in [5, 5.41) is 4.28. The third-order valence-corrected chi connectivity index (χ3v) is 2.48. The number of aromatic nitrogens is 2. The van der Waals surface area contributed by atoms with E-state index in [1.807, 2.05) is 49.3 Å². The van der Waals surface area contributed by atoms with Gasteiger partial charge in [0.1, 0.15) is 23.1 Å². The number of hydrogen-bond donors (Lipinski definition) is 1. The predicted octanol–water partition coefficient (Wildman–Crippen LogP) is 1.53. The van der Waals surface area contributed by atoms with Gasteiger partial charge in [0.15, 0.2) is 0 Å². The molecule has 0 saturated heterocycles. The van der Waals surface area contributed by atoms with Gasteiger partial charge in [-0.15, -0.1) is 5.10 Å². The Morgan fingerprint density at radius 3 is 2.65 bits per heavy atom. The summed E-state index contributed by atoms with van der Waals surface area (Å²) >= 11 is 0. The predicted molar refractivity (Wildman–Crippen MR) is 68.9 cm³/mol. The Bertz CT molecular complexity index is 519. The van der Waals surface area contributed by atoms with Crippen molar-refractivity contribution in [3.05, 3.63) is 30.3 Å². The maximum Gasteiger partial charge on any atom is 0.148 e. The highest BCUT2D eigenvalue weighted by atomic mass is 16.5. The molecular weight excluding hydrogens is 216 g/mol. The number of methoxy groups -OCH3 is 1. The van der Waals surface area contributed by atoms with Crippen LogP contribution in [0.4, 0.5) is 11.6 Å². The van der Waals surface area contributed by atoms with E-state index in [4.69, 9.17) is 10.5 Å². The number of benzene rings is 1. The summed E-state index contributed by atoms with van der Waals surface area (Å²) in [6.45, 7) is 0. The van der Waals surface area contributed by atoms with Crippen LogP contribution < -0.4 is 15.4 Å². The third kappa shape index (κ3) is 2.04. The molecule has 1 aromatic carbocycles. The minimum Gasteiger partial charge on any atom is -0.494 e. The normalized spacial score (nSPS) is 10.3. The fourth-order valence-corrected chi connectivity index (χ4v) is 1.69. The highest BCUT2D eigenvalue weighted by Crippen LogP contribution is 2.27. The zero-order valence-corrected chi connectivity index (χ0v) is 10.2. The molecule has 2 rings (SSSR count). The van der Waals surface area contributed by atoms with Crippen molar-refractivity contribution in [2.75, 3.05) is 31.8 Å². The number of nitrogens with zero attached hydrogens (tertiary/aromatic N) is 3. The average Bonchev–Trinajstić information content (AvgIpc) is 2.71. The van der Waals surface area contributed by atoms with Gasteiger partial charge >= 0.3 is 0 Å². The summed E-state index contributed by atoms with van der Waals surface area (Å²) in [6, 6.07) is 9.52. The van der Waals surface area contributed by atoms with Gasteiger partial charge in [0.25, 0.3) is 0 Å². The summed E-state index contributed by atoms with van der Waals surface area (Å²) in [6.07, 6.45) is 0. The zero-order chi connectivity index (χ0) is 12.4. The first-order valence-corrected chi connectivity index (χ1v) is 5.29. The molecule has 0 aliphatic rings. The molecule has 0 spiro atoms. The van der Waals surface area contributed by atoms with E-state index in [0.717, 1.165) is 17.3 Å². The van der Waals surface area contributed by atoms with Gasteiger partial charge in [-0.25, -0.2) is 4.68 Å². The maximum atomic E-state index is 5.75. The summed E-state index contributed by atoms with van der Waals surface area (Å²) in [7, 11) is 5.53. The molecular formula is C12H16N4O. The van der Waals surface area contributed by atoms with Gasteiger partial charge in [0, 0.05) is 20.2 Å². The number of ether oxygens (including phenoxy) is 1. The van der Waals surface area contributed by atoms with Crippen LogP contribution in [0.2, 0.25) is 0 Å². The molecule has 0 unspecified atom stereocenters. The Morgan fingerprint density at radius 1 is 1.29 bits per heavy atom. The van der Waals surface area contributed by atoms with Crippen LogP contribution in [0, 0.1) is 0 Å². The van der Waals surface area contributed by atoms with E-state index < -0.39 is 0 Å². The molecule has 0 aliphatic heterocycles. The molecule has 1 heterocycles. The fourth-order valence-electron chi connectivity index (χ4n) is 1.69. The van der Waals surface area contributed by atoms with Crippen LogP contribution in [0.5, 0.6) is 5.75 Å². The van der Waals surface area contributed by atoms with Crippen LogP contribution in [-0.2, 0) is 0 Å². The smallest absolute Gasteiger partial charge is 0.148 e. The van der Waals surface area contributed by atoms with Crippen molar-refractivity contribution >= 4 is 11.6 Å². The Morgan fingerprint density at radius 2 is 2.00 bits per heavy atom. The maximum absolute atomic E-state index is 5.75. The van der Waals surface area contributed by atoms with Gasteiger partial charge in [-0.1, -0.05) is 12.1 Å². The Labute approximate surface area is 100 Å². The van der Waals surface area contributed by atoms with Gasteiger partial charge < -0.3 is 15.4 Å². The lowest BCUT2D eigenvalue weighted by atomic mass is 10.3. The standard InChI is InChI=1S/C12H16N4O/c1-15(2)12-8-11(13)14-16(12)9-6-4-5-7-10(9)17-3/h4-8H,1-3H3,(H2,13,14). The number of hydrogen-bond acceptors (Lipinski definition) is 4. The monoisotopic (exact) mass is 232 g/mol. The largest absolute Gasteiger partial charge is 0.494 e. The molecule has 2 aromatic rings. The topological polar surface area (TPSA) is 56.3 Å².